The number of halogens is 2. The number of rotatable bonds is 0. The van der Waals surface area contributed by atoms with Crippen LogP contribution in [0.15, 0.2) is 0 Å². The van der Waals surface area contributed by atoms with Crippen molar-refractivity contribution in [2.24, 2.45) is 0 Å². The summed E-state index contributed by atoms with van der Waals surface area (Å²) in [7, 11) is 0. The van der Waals surface area contributed by atoms with E-state index in [-0.39, 0.29) is 5.41 Å². The molecule has 0 spiro atoms. The second-order valence-electron chi connectivity index (χ2n) is 3.34. The van der Waals surface area contributed by atoms with Crippen molar-refractivity contribution >= 4 is 34.5 Å². The summed E-state index contributed by atoms with van der Waals surface area (Å²) < 4.78 is 1.21. The third kappa shape index (κ3) is 2.08. The van der Waals surface area contributed by atoms with Crippen LogP contribution >= 0.6 is 34.5 Å². The molecule has 0 unspecified atom stereocenters. The van der Waals surface area contributed by atoms with E-state index in [4.69, 9.17) is 23.2 Å². The maximum atomic E-state index is 5.90. The first-order valence-electron chi connectivity index (χ1n) is 3.23. The molecule has 0 aliphatic carbocycles. The van der Waals surface area contributed by atoms with Crippen LogP contribution in [0.3, 0.4) is 0 Å². The van der Waals surface area contributed by atoms with Crippen LogP contribution in [0.1, 0.15) is 26.5 Å². The van der Waals surface area contributed by atoms with Gasteiger partial charge in [-0.25, -0.2) is 4.98 Å². The molecular weight excluding hydrogens is 201 g/mol. The van der Waals surface area contributed by atoms with Crippen LogP contribution in [-0.4, -0.2) is 4.98 Å². The van der Waals surface area contributed by atoms with Crippen LogP contribution in [0.5, 0.6) is 0 Å². The minimum atomic E-state index is -0.0132. The molecule has 4 heteroatoms. The summed E-state index contributed by atoms with van der Waals surface area (Å²) in [5, 5.41) is 0. The van der Waals surface area contributed by atoms with Crippen LogP contribution in [0.25, 0.3) is 0 Å². The minimum Gasteiger partial charge on any atom is -0.228 e. The fraction of sp³-hybridized carbons (Fsp3) is 0.571. The summed E-state index contributed by atoms with van der Waals surface area (Å²) in [6, 6.07) is 0. The smallest absolute Gasteiger partial charge is 0.185 e. The third-order valence-electron chi connectivity index (χ3n) is 1.27. The molecule has 1 rings (SSSR count). The quantitative estimate of drug-likeness (QED) is 0.635. The third-order valence-corrected chi connectivity index (χ3v) is 2.63. The lowest BCUT2D eigenvalue weighted by molar-refractivity contribution is 0.573. The van der Waals surface area contributed by atoms with E-state index in [1.54, 1.807) is 0 Å². The Labute approximate surface area is 80.4 Å². The molecule has 1 heterocycles. The maximum Gasteiger partial charge on any atom is 0.185 e. The molecule has 0 aliphatic rings. The lowest BCUT2D eigenvalue weighted by Gasteiger charge is -2.14. The molecule has 1 aromatic rings. The van der Waals surface area contributed by atoms with Crippen molar-refractivity contribution in [2.45, 2.75) is 26.2 Å². The average Bonchev–Trinajstić information content (AvgIpc) is 2.08. The first kappa shape index (κ1) is 9.30. The van der Waals surface area contributed by atoms with Crippen molar-refractivity contribution in [3.63, 3.8) is 0 Å². The molecule has 0 aromatic carbocycles. The van der Waals surface area contributed by atoms with E-state index in [1.807, 2.05) is 0 Å². The molecule has 1 nitrogen and oxygen atoms in total. The van der Waals surface area contributed by atoms with Crippen molar-refractivity contribution in [1.29, 1.82) is 0 Å². The van der Waals surface area contributed by atoms with Gasteiger partial charge in [-0.2, -0.15) is 0 Å². The number of hydrogen-bond donors (Lipinski definition) is 0. The number of nitrogens with zero attached hydrogens (tertiary/aromatic N) is 1. The first-order chi connectivity index (χ1) is 4.91. The zero-order valence-corrected chi connectivity index (χ0v) is 8.94. The van der Waals surface area contributed by atoms with Crippen LogP contribution in [0.4, 0.5) is 0 Å². The zero-order valence-electron chi connectivity index (χ0n) is 6.61. The van der Waals surface area contributed by atoms with Gasteiger partial charge in [0.1, 0.15) is 4.34 Å². The molecule has 0 saturated heterocycles. The molecule has 0 radical (unpaired) electrons. The van der Waals surface area contributed by atoms with Gasteiger partial charge in [0.2, 0.25) is 0 Å². The molecule has 11 heavy (non-hydrogen) atoms. The lowest BCUT2D eigenvalue weighted by atomic mass is 9.93. The van der Waals surface area contributed by atoms with E-state index in [0.29, 0.717) is 8.80 Å². The number of thiazole rings is 1. The topological polar surface area (TPSA) is 12.9 Å². The monoisotopic (exact) mass is 209 g/mol. The molecular formula is C7H9Cl2NS. The molecule has 0 atom stereocenters. The minimum absolute atomic E-state index is 0.0132. The summed E-state index contributed by atoms with van der Waals surface area (Å²) in [5.41, 5.74) is 0.870. The van der Waals surface area contributed by atoms with Gasteiger partial charge in [0.05, 0.1) is 5.69 Å². The van der Waals surface area contributed by atoms with Crippen molar-refractivity contribution in [3.8, 4) is 0 Å². The van der Waals surface area contributed by atoms with Crippen LogP contribution in [0, 0.1) is 0 Å². The van der Waals surface area contributed by atoms with E-state index >= 15 is 0 Å². The van der Waals surface area contributed by atoms with Crippen LogP contribution < -0.4 is 0 Å². The Morgan fingerprint density at radius 3 is 2.00 bits per heavy atom. The molecule has 0 saturated carbocycles. The van der Waals surface area contributed by atoms with Gasteiger partial charge in [-0.05, 0) is 0 Å². The van der Waals surface area contributed by atoms with E-state index in [1.165, 1.54) is 11.3 Å². The largest absolute Gasteiger partial charge is 0.228 e. The van der Waals surface area contributed by atoms with Gasteiger partial charge < -0.3 is 0 Å². The molecule has 0 fully saturated rings. The second-order valence-corrected chi connectivity index (χ2v) is 5.52. The lowest BCUT2D eigenvalue weighted by Crippen LogP contribution is -2.11. The highest BCUT2D eigenvalue weighted by Crippen LogP contribution is 2.35. The predicted molar refractivity (Wildman–Crippen MR) is 50.8 cm³/mol. The molecule has 62 valence electrons. The van der Waals surface area contributed by atoms with E-state index in [0.717, 1.165) is 5.69 Å². The Bertz CT molecular complexity index is 262. The van der Waals surface area contributed by atoms with Crippen LogP contribution in [-0.2, 0) is 5.41 Å². The number of aromatic nitrogens is 1. The van der Waals surface area contributed by atoms with Gasteiger partial charge >= 0.3 is 0 Å². The highest BCUT2D eigenvalue weighted by atomic mass is 35.5. The Balaban J connectivity index is 3.13. The second kappa shape index (κ2) is 2.92. The van der Waals surface area contributed by atoms with Gasteiger partial charge in [0.25, 0.3) is 0 Å². The van der Waals surface area contributed by atoms with Crippen molar-refractivity contribution in [2.75, 3.05) is 0 Å². The van der Waals surface area contributed by atoms with Gasteiger partial charge in [-0.3, -0.25) is 0 Å². The Morgan fingerprint density at radius 1 is 1.27 bits per heavy atom. The molecule has 1 aromatic heterocycles. The van der Waals surface area contributed by atoms with Gasteiger partial charge in [0.15, 0.2) is 4.47 Å². The summed E-state index contributed by atoms with van der Waals surface area (Å²) in [6.45, 7) is 6.18. The van der Waals surface area contributed by atoms with Gasteiger partial charge in [0, 0.05) is 5.41 Å². The fourth-order valence-corrected chi connectivity index (χ4v) is 2.45. The average molecular weight is 210 g/mol. The number of hydrogen-bond acceptors (Lipinski definition) is 2. The maximum absolute atomic E-state index is 5.90. The standard InChI is InChI=1S/C7H9Cl2NS/c1-7(2,3)4-5(8)11-6(9)10-4/h1-3H3. The van der Waals surface area contributed by atoms with E-state index in [9.17, 15) is 0 Å². The summed E-state index contributed by atoms with van der Waals surface area (Å²) in [5.74, 6) is 0. The Kier molecular flexibility index (Phi) is 2.47. The van der Waals surface area contributed by atoms with Crippen molar-refractivity contribution in [3.05, 3.63) is 14.5 Å². The molecule has 0 aliphatic heterocycles. The SMILES string of the molecule is CC(C)(C)c1nc(Cl)sc1Cl. The van der Waals surface area contributed by atoms with Gasteiger partial charge in [-0.15, -0.1) is 0 Å². The highest BCUT2D eigenvalue weighted by molar-refractivity contribution is 7.19. The summed E-state index contributed by atoms with van der Waals surface area (Å²) >= 11 is 12.9. The normalized spacial score (nSPS) is 12.1. The van der Waals surface area contributed by atoms with E-state index < -0.39 is 0 Å². The summed E-state index contributed by atoms with van der Waals surface area (Å²) in [4.78, 5) is 4.13. The van der Waals surface area contributed by atoms with Gasteiger partial charge in [-0.1, -0.05) is 55.3 Å². The van der Waals surface area contributed by atoms with E-state index in [2.05, 4.69) is 25.8 Å². The summed E-state index contributed by atoms with van der Waals surface area (Å²) in [6.07, 6.45) is 0. The van der Waals surface area contributed by atoms with Crippen molar-refractivity contribution in [1.82, 2.24) is 4.98 Å². The fourth-order valence-electron chi connectivity index (χ4n) is 0.739. The first-order valence-corrected chi connectivity index (χ1v) is 4.81. The molecule has 0 N–H and O–H groups in total. The molecule has 0 amide bonds. The highest BCUT2D eigenvalue weighted by Gasteiger charge is 2.21. The Hall–Kier alpha value is 0.210. The predicted octanol–water partition coefficient (Wildman–Crippen LogP) is 3.75. The Morgan fingerprint density at radius 2 is 1.82 bits per heavy atom. The van der Waals surface area contributed by atoms with Crippen molar-refractivity contribution < 1.29 is 0 Å². The molecule has 0 bridgehead atoms. The van der Waals surface area contributed by atoms with Crippen LogP contribution in [0.2, 0.25) is 8.80 Å². The zero-order chi connectivity index (χ0) is 8.65.